The first-order chi connectivity index (χ1) is 9.16. The van der Waals surface area contributed by atoms with Gasteiger partial charge in [0.15, 0.2) is 0 Å². The SMILES string of the molecule is O=C(/C=C/c1ccc([N+](=O)[O-])o1)N1CCCCCC1. The molecule has 6 heteroatoms. The molecule has 0 aromatic carbocycles. The van der Waals surface area contributed by atoms with Gasteiger partial charge in [0.1, 0.15) is 10.7 Å². The fourth-order valence-electron chi connectivity index (χ4n) is 2.08. The molecule has 0 bridgehead atoms. The van der Waals surface area contributed by atoms with Gasteiger partial charge in [0.05, 0.1) is 6.07 Å². The van der Waals surface area contributed by atoms with Crippen LogP contribution in [0.2, 0.25) is 0 Å². The molecule has 6 nitrogen and oxygen atoms in total. The van der Waals surface area contributed by atoms with E-state index in [2.05, 4.69) is 0 Å². The first kappa shape index (κ1) is 13.3. The summed E-state index contributed by atoms with van der Waals surface area (Å²) in [5.74, 6) is -0.0716. The van der Waals surface area contributed by atoms with Crippen LogP contribution in [0.5, 0.6) is 0 Å². The van der Waals surface area contributed by atoms with Gasteiger partial charge in [0.2, 0.25) is 5.91 Å². The standard InChI is InChI=1S/C13H16N2O4/c16-12(14-9-3-1-2-4-10-14)7-5-11-6-8-13(19-11)15(17)18/h5-8H,1-4,9-10H2/b7-5+. The number of amides is 1. The van der Waals surface area contributed by atoms with Crippen LogP contribution in [-0.4, -0.2) is 28.8 Å². The largest absolute Gasteiger partial charge is 0.433 e. The Labute approximate surface area is 110 Å². The average Bonchev–Trinajstić information content (AvgIpc) is 2.70. The zero-order chi connectivity index (χ0) is 13.7. The summed E-state index contributed by atoms with van der Waals surface area (Å²) in [4.78, 5) is 23.6. The highest BCUT2D eigenvalue weighted by atomic mass is 16.6. The highest BCUT2D eigenvalue weighted by molar-refractivity contribution is 5.91. The molecule has 0 saturated carbocycles. The summed E-state index contributed by atoms with van der Waals surface area (Å²) >= 11 is 0. The maximum absolute atomic E-state index is 11.9. The topological polar surface area (TPSA) is 76.6 Å². The van der Waals surface area contributed by atoms with Crippen LogP contribution in [0.15, 0.2) is 22.6 Å². The lowest BCUT2D eigenvalue weighted by Gasteiger charge is -2.17. The monoisotopic (exact) mass is 264 g/mol. The Bertz CT molecular complexity index is 485. The lowest BCUT2D eigenvalue weighted by atomic mass is 10.2. The number of furan rings is 1. The molecule has 0 atom stereocenters. The molecule has 0 unspecified atom stereocenters. The second-order valence-corrected chi connectivity index (χ2v) is 4.51. The van der Waals surface area contributed by atoms with Crippen LogP contribution >= 0.6 is 0 Å². The molecule has 1 aromatic rings. The molecule has 1 aromatic heterocycles. The molecule has 0 radical (unpaired) electrons. The number of carbonyl (C=O) groups excluding carboxylic acids is 1. The van der Waals surface area contributed by atoms with E-state index in [4.69, 9.17) is 4.42 Å². The predicted octanol–water partition coefficient (Wildman–Crippen LogP) is 2.60. The highest BCUT2D eigenvalue weighted by Crippen LogP contribution is 2.17. The zero-order valence-corrected chi connectivity index (χ0v) is 10.6. The molecule has 1 amide bonds. The number of nitro groups is 1. The second-order valence-electron chi connectivity index (χ2n) is 4.51. The van der Waals surface area contributed by atoms with Crippen molar-refractivity contribution in [3.05, 3.63) is 34.1 Å². The molecule has 19 heavy (non-hydrogen) atoms. The van der Waals surface area contributed by atoms with E-state index in [1.54, 1.807) is 4.90 Å². The van der Waals surface area contributed by atoms with E-state index < -0.39 is 4.92 Å². The van der Waals surface area contributed by atoms with Crippen LogP contribution in [0.3, 0.4) is 0 Å². The van der Waals surface area contributed by atoms with Crippen molar-refractivity contribution in [3.8, 4) is 0 Å². The third-order valence-electron chi connectivity index (χ3n) is 3.10. The Morgan fingerprint density at radius 3 is 2.53 bits per heavy atom. The van der Waals surface area contributed by atoms with Gasteiger partial charge in [-0.15, -0.1) is 0 Å². The van der Waals surface area contributed by atoms with Crippen molar-refractivity contribution in [2.24, 2.45) is 0 Å². The van der Waals surface area contributed by atoms with E-state index in [1.807, 2.05) is 0 Å². The third-order valence-corrected chi connectivity index (χ3v) is 3.10. The molecule has 0 aliphatic carbocycles. The Morgan fingerprint density at radius 1 is 1.26 bits per heavy atom. The van der Waals surface area contributed by atoms with Gasteiger partial charge in [-0.05, 0) is 25.0 Å². The predicted molar refractivity (Wildman–Crippen MR) is 69.4 cm³/mol. The smallest absolute Gasteiger partial charge is 0.401 e. The van der Waals surface area contributed by atoms with Crippen LogP contribution in [0, 0.1) is 10.1 Å². The Hall–Kier alpha value is -2.11. The second kappa shape index (κ2) is 6.17. The lowest BCUT2D eigenvalue weighted by Crippen LogP contribution is -2.30. The van der Waals surface area contributed by atoms with Gasteiger partial charge in [-0.3, -0.25) is 14.9 Å². The minimum atomic E-state index is -0.603. The Kier molecular flexibility index (Phi) is 4.33. The average molecular weight is 264 g/mol. The van der Waals surface area contributed by atoms with Crippen molar-refractivity contribution in [2.45, 2.75) is 25.7 Å². The minimum Gasteiger partial charge on any atom is -0.401 e. The van der Waals surface area contributed by atoms with E-state index in [0.717, 1.165) is 38.8 Å². The summed E-state index contributed by atoms with van der Waals surface area (Å²) in [6.45, 7) is 1.56. The quantitative estimate of drug-likeness (QED) is 0.477. The van der Waals surface area contributed by atoms with E-state index in [1.165, 1.54) is 24.3 Å². The molecule has 0 spiro atoms. The summed E-state index contributed by atoms with van der Waals surface area (Å²) in [6.07, 6.45) is 7.28. The normalized spacial score (nSPS) is 16.5. The number of rotatable bonds is 3. The fraction of sp³-hybridized carbons (Fsp3) is 0.462. The maximum Gasteiger partial charge on any atom is 0.433 e. The Balaban J connectivity index is 1.96. The van der Waals surface area contributed by atoms with E-state index >= 15 is 0 Å². The van der Waals surface area contributed by atoms with Gasteiger partial charge in [-0.2, -0.15) is 0 Å². The summed E-state index contributed by atoms with van der Waals surface area (Å²) in [5.41, 5.74) is 0. The van der Waals surface area contributed by atoms with Gasteiger partial charge >= 0.3 is 5.88 Å². The fourth-order valence-corrected chi connectivity index (χ4v) is 2.08. The molecular weight excluding hydrogens is 248 g/mol. The van der Waals surface area contributed by atoms with E-state index in [9.17, 15) is 14.9 Å². The molecule has 1 aliphatic rings. The molecule has 102 valence electrons. The summed E-state index contributed by atoms with van der Waals surface area (Å²) < 4.78 is 4.95. The third kappa shape index (κ3) is 3.67. The van der Waals surface area contributed by atoms with E-state index in [0.29, 0.717) is 5.76 Å². The molecule has 2 heterocycles. The van der Waals surface area contributed by atoms with Gasteiger partial charge in [0.25, 0.3) is 0 Å². The first-order valence-electron chi connectivity index (χ1n) is 6.38. The Morgan fingerprint density at radius 2 is 1.95 bits per heavy atom. The van der Waals surface area contributed by atoms with Crippen molar-refractivity contribution in [1.82, 2.24) is 4.90 Å². The summed E-state index contributed by atoms with van der Waals surface area (Å²) in [7, 11) is 0. The van der Waals surface area contributed by atoms with Crippen LogP contribution < -0.4 is 0 Å². The van der Waals surface area contributed by atoms with Crippen LogP contribution in [-0.2, 0) is 4.79 Å². The highest BCUT2D eigenvalue weighted by Gasteiger charge is 2.14. The first-order valence-corrected chi connectivity index (χ1v) is 6.38. The van der Waals surface area contributed by atoms with Gasteiger partial charge in [0, 0.05) is 19.2 Å². The number of likely N-dealkylation sites (tertiary alicyclic amines) is 1. The number of hydrogen-bond acceptors (Lipinski definition) is 4. The maximum atomic E-state index is 11.9. The van der Waals surface area contributed by atoms with Crippen molar-refractivity contribution >= 4 is 17.9 Å². The molecule has 2 rings (SSSR count). The van der Waals surface area contributed by atoms with Gasteiger partial charge in [-0.1, -0.05) is 12.8 Å². The molecule has 1 saturated heterocycles. The minimum absolute atomic E-state index is 0.0686. The number of nitrogens with zero attached hydrogens (tertiary/aromatic N) is 2. The van der Waals surface area contributed by atoms with Gasteiger partial charge < -0.3 is 9.32 Å². The van der Waals surface area contributed by atoms with Gasteiger partial charge in [-0.25, -0.2) is 0 Å². The molecular formula is C13H16N2O4. The van der Waals surface area contributed by atoms with Crippen molar-refractivity contribution in [3.63, 3.8) is 0 Å². The van der Waals surface area contributed by atoms with E-state index in [-0.39, 0.29) is 11.8 Å². The van der Waals surface area contributed by atoms with Crippen LogP contribution in [0.4, 0.5) is 5.88 Å². The van der Waals surface area contributed by atoms with Crippen molar-refractivity contribution in [1.29, 1.82) is 0 Å². The number of hydrogen-bond donors (Lipinski definition) is 0. The molecule has 0 N–H and O–H groups in total. The van der Waals surface area contributed by atoms with Crippen LogP contribution in [0.1, 0.15) is 31.4 Å². The molecule has 1 aliphatic heterocycles. The summed E-state index contributed by atoms with van der Waals surface area (Å²) in [6, 6.07) is 2.75. The lowest BCUT2D eigenvalue weighted by molar-refractivity contribution is -0.402. The number of carbonyl (C=O) groups is 1. The zero-order valence-electron chi connectivity index (χ0n) is 10.6. The summed E-state index contributed by atoms with van der Waals surface area (Å²) in [5, 5.41) is 10.5. The molecule has 1 fully saturated rings. The van der Waals surface area contributed by atoms with Crippen molar-refractivity contribution in [2.75, 3.05) is 13.1 Å². The van der Waals surface area contributed by atoms with Crippen LogP contribution in [0.25, 0.3) is 6.08 Å². The van der Waals surface area contributed by atoms with Crippen molar-refractivity contribution < 1.29 is 14.1 Å².